The summed E-state index contributed by atoms with van der Waals surface area (Å²) in [7, 11) is 0. The van der Waals surface area contributed by atoms with Crippen molar-refractivity contribution in [3.8, 4) is 0 Å². The Morgan fingerprint density at radius 2 is 2.10 bits per heavy atom. The fourth-order valence-corrected chi connectivity index (χ4v) is 1.91. The number of benzene rings is 1. The number of carbonyl (C=O) groups excluding carboxylic acids is 1. The standard InChI is InChI=1S/C13H16ClF3N2O/c1-2-8(7-18)5-12(20)19-9-3-4-11(14)10(6-9)13(15,16)17/h3-4,6,8H,2,5,7,18H2,1H3,(H,19,20). The maximum absolute atomic E-state index is 12.7. The van der Waals surface area contributed by atoms with Crippen molar-refractivity contribution in [1.82, 2.24) is 0 Å². The maximum Gasteiger partial charge on any atom is 0.417 e. The maximum atomic E-state index is 12.7. The van der Waals surface area contributed by atoms with Gasteiger partial charge in [0.15, 0.2) is 0 Å². The van der Waals surface area contributed by atoms with Crippen LogP contribution in [0.25, 0.3) is 0 Å². The smallest absolute Gasteiger partial charge is 0.330 e. The van der Waals surface area contributed by atoms with Crippen molar-refractivity contribution in [3.05, 3.63) is 28.8 Å². The highest BCUT2D eigenvalue weighted by atomic mass is 35.5. The van der Waals surface area contributed by atoms with Crippen molar-refractivity contribution < 1.29 is 18.0 Å². The quantitative estimate of drug-likeness (QED) is 0.872. The molecule has 1 unspecified atom stereocenters. The van der Waals surface area contributed by atoms with E-state index in [1.54, 1.807) is 0 Å². The van der Waals surface area contributed by atoms with Gasteiger partial charge in [-0.1, -0.05) is 24.9 Å². The molecule has 0 saturated carbocycles. The number of nitrogens with two attached hydrogens (primary N) is 1. The lowest BCUT2D eigenvalue weighted by atomic mass is 10.0. The summed E-state index contributed by atoms with van der Waals surface area (Å²) >= 11 is 5.50. The minimum atomic E-state index is -4.55. The molecule has 0 aliphatic carbocycles. The molecule has 112 valence electrons. The van der Waals surface area contributed by atoms with Gasteiger partial charge in [-0.3, -0.25) is 4.79 Å². The van der Waals surface area contributed by atoms with Gasteiger partial charge in [-0.15, -0.1) is 0 Å². The minimum absolute atomic E-state index is 0.0180. The third-order valence-corrected chi connectivity index (χ3v) is 3.27. The number of anilines is 1. The Labute approximate surface area is 120 Å². The summed E-state index contributed by atoms with van der Waals surface area (Å²) in [6, 6.07) is 3.27. The van der Waals surface area contributed by atoms with Gasteiger partial charge in [-0.25, -0.2) is 0 Å². The molecule has 1 amide bonds. The van der Waals surface area contributed by atoms with Crippen LogP contribution in [0.4, 0.5) is 18.9 Å². The number of rotatable bonds is 5. The molecule has 1 aromatic carbocycles. The molecule has 0 saturated heterocycles. The first-order valence-electron chi connectivity index (χ1n) is 6.14. The molecule has 0 radical (unpaired) electrons. The number of alkyl halides is 3. The predicted octanol–water partition coefficient (Wildman–Crippen LogP) is 3.67. The zero-order valence-electron chi connectivity index (χ0n) is 10.9. The first-order chi connectivity index (χ1) is 9.27. The Morgan fingerprint density at radius 3 is 2.60 bits per heavy atom. The van der Waals surface area contributed by atoms with Gasteiger partial charge < -0.3 is 11.1 Å². The van der Waals surface area contributed by atoms with Gasteiger partial charge in [-0.2, -0.15) is 13.2 Å². The predicted molar refractivity (Wildman–Crippen MR) is 72.5 cm³/mol. The van der Waals surface area contributed by atoms with Gasteiger partial charge in [0, 0.05) is 12.1 Å². The molecular weight excluding hydrogens is 293 g/mol. The third kappa shape index (κ3) is 4.68. The molecule has 0 bridgehead atoms. The van der Waals surface area contributed by atoms with Gasteiger partial charge in [0.1, 0.15) is 0 Å². The van der Waals surface area contributed by atoms with Gasteiger partial charge in [-0.05, 0) is 30.7 Å². The second-order valence-electron chi connectivity index (χ2n) is 4.45. The van der Waals surface area contributed by atoms with Crippen LogP contribution in [-0.2, 0) is 11.0 Å². The second kappa shape index (κ2) is 6.95. The summed E-state index contributed by atoms with van der Waals surface area (Å²) < 4.78 is 38.0. The van der Waals surface area contributed by atoms with E-state index in [9.17, 15) is 18.0 Å². The zero-order chi connectivity index (χ0) is 15.3. The van der Waals surface area contributed by atoms with Gasteiger partial charge >= 0.3 is 6.18 Å². The third-order valence-electron chi connectivity index (χ3n) is 2.94. The lowest BCUT2D eigenvalue weighted by Crippen LogP contribution is -2.22. The van der Waals surface area contributed by atoms with E-state index >= 15 is 0 Å². The lowest BCUT2D eigenvalue weighted by molar-refractivity contribution is -0.137. The highest BCUT2D eigenvalue weighted by Gasteiger charge is 2.33. The summed E-state index contributed by atoms with van der Waals surface area (Å²) in [5, 5.41) is 2.03. The van der Waals surface area contributed by atoms with E-state index in [0.29, 0.717) is 6.54 Å². The summed E-state index contributed by atoms with van der Waals surface area (Å²) in [4.78, 5) is 11.7. The summed E-state index contributed by atoms with van der Waals surface area (Å²) in [6.07, 6.45) is -3.64. The summed E-state index contributed by atoms with van der Waals surface area (Å²) in [5.74, 6) is -0.345. The van der Waals surface area contributed by atoms with E-state index in [4.69, 9.17) is 17.3 Å². The Morgan fingerprint density at radius 1 is 1.45 bits per heavy atom. The van der Waals surface area contributed by atoms with Crippen LogP contribution in [0.15, 0.2) is 18.2 Å². The Bertz CT molecular complexity index is 473. The van der Waals surface area contributed by atoms with Crippen molar-refractivity contribution in [2.75, 3.05) is 11.9 Å². The Balaban J connectivity index is 2.81. The zero-order valence-corrected chi connectivity index (χ0v) is 11.7. The molecule has 7 heteroatoms. The first-order valence-corrected chi connectivity index (χ1v) is 6.52. The molecule has 1 atom stereocenters. The Kier molecular flexibility index (Phi) is 5.83. The summed E-state index contributed by atoms with van der Waals surface area (Å²) in [5.41, 5.74) is 4.58. The van der Waals surface area contributed by atoms with Crippen LogP contribution >= 0.6 is 11.6 Å². The highest BCUT2D eigenvalue weighted by molar-refractivity contribution is 6.31. The molecule has 0 aromatic heterocycles. The molecule has 1 rings (SSSR count). The van der Waals surface area contributed by atoms with Crippen molar-refractivity contribution >= 4 is 23.2 Å². The number of amides is 1. The normalized spacial score (nSPS) is 13.1. The topological polar surface area (TPSA) is 55.1 Å². The van der Waals surface area contributed by atoms with Crippen molar-refractivity contribution in [1.29, 1.82) is 0 Å². The molecule has 0 fully saturated rings. The van der Waals surface area contributed by atoms with Crippen molar-refractivity contribution in [2.45, 2.75) is 25.9 Å². The minimum Gasteiger partial charge on any atom is -0.330 e. The molecule has 3 nitrogen and oxygen atoms in total. The molecule has 0 aliphatic rings. The van der Waals surface area contributed by atoms with Crippen LogP contribution in [0.3, 0.4) is 0 Å². The molecule has 3 N–H and O–H groups in total. The van der Waals surface area contributed by atoms with Crippen LogP contribution < -0.4 is 11.1 Å². The van der Waals surface area contributed by atoms with E-state index in [1.807, 2.05) is 6.92 Å². The molecule has 0 heterocycles. The molecule has 0 spiro atoms. The van der Waals surface area contributed by atoms with Crippen molar-refractivity contribution in [3.63, 3.8) is 0 Å². The van der Waals surface area contributed by atoms with Gasteiger partial charge in [0.2, 0.25) is 5.91 Å². The van der Waals surface area contributed by atoms with E-state index in [2.05, 4.69) is 5.32 Å². The van der Waals surface area contributed by atoms with E-state index in [-0.39, 0.29) is 23.9 Å². The van der Waals surface area contributed by atoms with Crippen LogP contribution in [0, 0.1) is 5.92 Å². The molecule has 0 aliphatic heterocycles. The number of hydrogen-bond acceptors (Lipinski definition) is 2. The fourth-order valence-electron chi connectivity index (χ4n) is 1.69. The van der Waals surface area contributed by atoms with Gasteiger partial charge in [0.05, 0.1) is 10.6 Å². The number of carbonyl (C=O) groups is 1. The van der Waals surface area contributed by atoms with Crippen LogP contribution in [-0.4, -0.2) is 12.5 Å². The summed E-state index contributed by atoms with van der Waals surface area (Å²) in [6.45, 7) is 2.26. The van der Waals surface area contributed by atoms with Crippen LogP contribution in [0.5, 0.6) is 0 Å². The second-order valence-corrected chi connectivity index (χ2v) is 4.86. The molecular formula is C13H16ClF3N2O. The average molecular weight is 309 g/mol. The monoisotopic (exact) mass is 308 g/mol. The lowest BCUT2D eigenvalue weighted by Gasteiger charge is -2.14. The number of hydrogen-bond donors (Lipinski definition) is 2. The Hall–Kier alpha value is -1.27. The van der Waals surface area contributed by atoms with Crippen molar-refractivity contribution in [2.24, 2.45) is 11.7 Å². The van der Waals surface area contributed by atoms with E-state index in [1.165, 1.54) is 6.07 Å². The first kappa shape index (κ1) is 16.8. The number of nitrogens with one attached hydrogen (secondary N) is 1. The number of halogens is 4. The van der Waals surface area contributed by atoms with Gasteiger partial charge in [0.25, 0.3) is 0 Å². The van der Waals surface area contributed by atoms with Crippen LogP contribution in [0.1, 0.15) is 25.3 Å². The largest absolute Gasteiger partial charge is 0.417 e. The van der Waals surface area contributed by atoms with E-state index < -0.39 is 16.8 Å². The average Bonchev–Trinajstić information content (AvgIpc) is 2.37. The SMILES string of the molecule is CCC(CN)CC(=O)Nc1ccc(Cl)c(C(F)(F)F)c1. The fraction of sp³-hybridized carbons (Fsp3) is 0.462. The van der Waals surface area contributed by atoms with E-state index in [0.717, 1.165) is 18.6 Å². The highest BCUT2D eigenvalue weighted by Crippen LogP contribution is 2.36. The molecule has 1 aromatic rings. The molecule has 20 heavy (non-hydrogen) atoms. The van der Waals surface area contributed by atoms with Crippen LogP contribution in [0.2, 0.25) is 5.02 Å².